The van der Waals surface area contributed by atoms with E-state index in [1.165, 1.54) is 0 Å². The lowest BCUT2D eigenvalue weighted by Crippen LogP contribution is -2.79. The number of Topliss-reactive ketones (excluding diaryl/α,β-unsaturated/α-hetero) is 2. The number of rotatable bonds is 6. The lowest BCUT2D eigenvalue weighted by Gasteiger charge is -2.66. The molecule has 3 aliphatic rings. The highest BCUT2D eigenvalue weighted by molar-refractivity contribution is 6.09. The molecular weight excluding hydrogens is 536 g/mol. The highest BCUT2D eigenvalue weighted by Gasteiger charge is 2.76. The van der Waals surface area contributed by atoms with E-state index in [9.17, 15) is 34.8 Å². The molecule has 42 heavy (non-hydrogen) atoms. The zero-order valence-corrected chi connectivity index (χ0v) is 26.5. The number of amides is 1. The van der Waals surface area contributed by atoms with Gasteiger partial charge in [-0.2, -0.15) is 0 Å². The summed E-state index contributed by atoms with van der Waals surface area (Å²) >= 11 is 0. The van der Waals surface area contributed by atoms with Gasteiger partial charge in [0, 0.05) is 24.1 Å². The zero-order chi connectivity index (χ0) is 31.9. The van der Waals surface area contributed by atoms with Crippen molar-refractivity contribution in [3.8, 4) is 5.75 Å². The maximum Gasteiger partial charge on any atom is 0.230 e. The minimum absolute atomic E-state index is 0.00731. The monoisotopic (exact) mass is 586 g/mol. The Morgan fingerprint density at radius 1 is 1.14 bits per heavy atom. The molecule has 1 aromatic rings. The van der Waals surface area contributed by atoms with Gasteiger partial charge in [0.05, 0.1) is 17.6 Å². The van der Waals surface area contributed by atoms with E-state index < -0.39 is 63.9 Å². The molecule has 8 atom stereocenters. The van der Waals surface area contributed by atoms with E-state index >= 15 is 0 Å². The fraction of sp³-hybridized carbons (Fsp3) is 0.727. The van der Waals surface area contributed by atoms with Crippen molar-refractivity contribution in [2.24, 2.45) is 45.7 Å². The van der Waals surface area contributed by atoms with Crippen molar-refractivity contribution in [2.45, 2.75) is 105 Å². The molecular formula is C33H50N2O7. The number of phenols is 1. The van der Waals surface area contributed by atoms with Crippen LogP contribution in [0, 0.1) is 39.9 Å². The maximum atomic E-state index is 14.5. The van der Waals surface area contributed by atoms with E-state index in [-0.39, 0.29) is 35.0 Å². The fourth-order valence-electron chi connectivity index (χ4n) is 8.91. The Morgan fingerprint density at radius 3 is 2.24 bits per heavy atom. The van der Waals surface area contributed by atoms with Gasteiger partial charge in [-0.3, -0.25) is 14.4 Å². The van der Waals surface area contributed by atoms with Gasteiger partial charge in [-0.05, 0) is 52.6 Å². The van der Waals surface area contributed by atoms with E-state index in [2.05, 4.69) is 26.1 Å². The number of carbonyl (C=O) groups excluding carboxylic acids is 3. The summed E-state index contributed by atoms with van der Waals surface area (Å²) in [6.07, 6.45) is -2.87. The molecule has 0 bridgehead atoms. The smallest absolute Gasteiger partial charge is 0.230 e. The van der Waals surface area contributed by atoms with Crippen molar-refractivity contribution in [3.05, 3.63) is 28.3 Å². The van der Waals surface area contributed by atoms with Crippen LogP contribution in [0.1, 0.15) is 102 Å². The van der Waals surface area contributed by atoms with Crippen LogP contribution in [0.25, 0.3) is 0 Å². The number of nitrogens with two attached hydrogens (primary N) is 1. The van der Waals surface area contributed by atoms with E-state index in [0.717, 1.165) is 5.56 Å². The minimum Gasteiger partial charge on any atom is -0.507 e. The number of hydrogen-bond donors (Lipinski definition) is 6. The molecule has 1 aromatic carbocycles. The van der Waals surface area contributed by atoms with Gasteiger partial charge in [-0.1, -0.05) is 68.4 Å². The molecule has 2 fully saturated rings. The number of carbonyl (C=O) groups is 3. The number of phenolic OH excluding ortho intramolecular Hbond substituents is 1. The van der Waals surface area contributed by atoms with Gasteiger partial charge < -0.3 is 31.5 Å². The second kappa shape index (κ2) is 10.4. The zero-order valence-electron chi connectivity index (χ0n) is 26.5. The number of nitrogens with one attached hydrogen (secondary N) is 1. The van der Waals surface area contributed by atoms with Gasteiger partial charge >= 0.3 is 0 Å². The number of aliphatic hydroxyl groups excluding tert-OH is 2. The van der Waals surface area contributed by atoms with E-state index in [1.807, 2.05) is 40.7 Å². The van der Waals surface area contributed by atoms with Gasteiger partial charge in [0.1, 0.15) is 17.8 Å². The molecule has 3 aliphatic carbocycles. The molecule has 0 aliphatic heterocycles. The summed E-state index contributed by atoms with van der Waals surface area (Å²) in [5, 5.41) is 50.4. The van der Waals surface area contributed by atoms with Gasteiger partial charge in [-0.15, -0.1) is 0 Å². The first-order valence-electron chi connectivity index (χ1n) is 15.2. The molecule has 2 saturated carbocycles. The van der Waals surface area contributed by atoms with Gasteiger partial charge in [0.25, 0.3) is 0 Å². The largest absolute Gasteiger partial charge is 0.507 e. The second-order valence-corrected chi connectivity index (χ2v) is 15.6. The summed E-state index contributed by atoms with van der Waals surface area (Å²) < 4.78 is 0. The van der Waals surface area contributed by atoms with E-state index in [1.54, 1.807) is 6.92 Å². The standard InChI is InChI=1S/C33H50N2O7/c1-15(2)18-10-17(12-35-14-30(5,6)7)24(36)20-19(18)11-31(8)13-32(9)22(16(3)4)26(38)21(29(34)41)27(39)33(32,42)28(40)23(31)25(20)37/h10,15-16,21-23,26,28,35-36,38,40,42H,11-14H2,1-9H3,(H2,34,41)/t21-,22+,23-,26?,28?,31-,32-,33+/m1/s1. The Morgan fingerprint density at radius 2 is 1.74 bits per heavy atom. The van der Waals surface area contributed by atoms with E-state index in [0.29, 0.717) is 30.6 Å². The van der Waals surface area contributed by atoms with Gasteiger partial charge in [-0.25, -0.2) is 0 Å². The van der Waals surface area contributed by atoms with Crippen LogP contribution in [0.5, 0.6) is 5.75 Å². The molecule has 9 heteroatoms. The van der Waals surface area contributed by atoms with Crippen LogP contribution in [0.4, 0.5) is 0 Å². The first-order chi connectivity index (χ1) is 19.1. The molecule has 0 saturated heterocycles. The quantitative estimate of drug-likeness (QED) is 0.276. The summed E-state index contributed by atoms with van der Waals surface area (Å²) in [5.74, 6) is -6.80. The SMILES string of the molecule is CC(C)c1cc(CNCC(C)(C)C)c(O)c2c1C[C@]1(C)C[C@]3(C)[C@@H](C(C)C)C(O)[C@@H](C(N)=O)C(=O)[C@]3(O)C(O)[C@H]1C2=O. The van der Waals surface area contributed by atoms with Crippen LogP contribution in [-0.2, 0) is 22.6 Å². The third kappa shape index (κ3) is 4.62. The van der Waals surface area contributed by atoms with Crippen LogP contribution in [0.2, 0.25) is 0 Å². The second-order valence-electron chi connectivity index (χ2n) is 15.6. The van der Waals surface area contributed by atoms with Crippen molar-refractivity contribution in [2.75, 3.05) is 6.54 Å². The number of ketones is 2. The predicted octanol–water partition coefficient (Wildman–Crippen LogP) is 2.83. The van der Waals surface area contributed by atoms with Crippen LogP contribution in [0.15, 0.2) is 6.07 Å². The first kappa shape index (κ1) is 32.6. The van der Waals surface area contributed by atoms with Gasteiger partial charge in [0.2, 0.25) is 5.91 Å². The normalized spacial score (nSPS) is 36.6. The molecule has 234 valence electrons. The van der Waals surface area contributed by atoms with Crippen molar-refractivity contribution in [3.63, 3.8) is 0 Å². The summed E-state index contributed by atoms with van der Waals surface area (Å²) in [6, 6.07) is 1.95. The molecule has 0 radical (unpaired) electrons. The molecule has 7 N–H and O–H groups in total. The van der Waals surface area contributed by atoms with Crippen molar-refractivity contribution in [1.29, 1.82) is 0 Å². The molecule has 2 unspecified atom stereocenters. The first-order valence-corrected chi connectivity index (χ1v) is 15.2. The third-order valence-electron chi connectivity index (χ3n) is 10.5. The molecule has 4 rings (SSSR count). The van der Waals surface area contributed by atoms with Crippen LogP contribution in [-0.4, -0.2) is 62.3 Å². The van der Waals surface area contributed by atoms with Crippen LogP contribution >= 0.6 is 0 Å². The highest BCUT2D eigenvalue weighted by Crippen LogP contribution is 2.66. The van der Waals surface area contributed by atoms with E-state index in [4.69, 9.17) is 5.73 Å². The van der Waals surface area contributed by atoms with Gasteiger partial charge in [0.15, 0.2) is 17.2 Å². The Hall–Kier alpha value is -2.33. The predicted molar refractivity (Wildman–Crippen MR) is 159 cm³/mol. The molecule has 0 spiro atoms. The number of benzene rings is 1. The lowest BCUT2D eigenvalue weighted by atomic mass is 9.39. The highest BCUT2D eigenvalue weighted by atomic mass is 16.4. The number of fused-ring (bicyclic) bond motifs is 3. The minimum atomic E-state index is -2.51. The third-order valence-corrected chi connectivity index (χ3v) is 10.5. The Bertz CT molecular complexity index is 1300. The number of hydrogen-bond acceptors (Lipinski definition) is 8. The topological polar surface area (TPSA) is 170 Å². The maximum absolute atomic E-state index is 14.5. The summed E-state index contributed by atoms with van der Waals surface area (Å²) in [4.78, 5) is 40.8. The van der Waals surface area contributed by atoms with Crippen molar-refractivity contribution < 1.29 is 34.8 Å². The van der Waals surface area contributed by atoms with Crippen LogP contribution in [0.3, 0.4) is 0 Å². The Kier molecular flexibility index (Phi) is 8.06. The van der Waals surface area contributed by atoms with Crippen molar-refractivity contribution in [1.82, 2.24) is 5.32 Å². The fourth-order valence-corrected chi connectivity index (χ4v) is 8.91. The Labute approximate surface area is 249 Å². The van der Waals surface area contributed by atoms with Crippen LogP contribution < -0.4 is 11.1 Å². The molecule has 0 aromatic heterocycles. The van der Waals surface area contributed by atoms with Crippen molar-refractivity contribution >= 4 is 17.5 Å². The molecule has 9 nitrogen and oxygen atoms in total. The number of aromatic hydroxyl groups is 1. The number of aliphatic hydroxyl groups is 3. The summed E-state index contributed by atoms with van der Waals surface area (Å²) in [5.41, 5.74) is 3.09. The molecule has 0 heterocycles. The summed E-state index contributed by atoms with van der Waals surface area (Å²) in [7, 11) is 0. The average molecular weight is 587 g/mol. The Balaban J connectivity index is 1.91. The average Bonchev–Trinajstić information content (AvgIpc) is 2.81. The summed E-state index contributed by atoms with van der Waals surface area (Å²) in [6.45, 7) is 18.6. The molecule has 1 amide bonds. The number of primary amides is 1. The lowest BCUT2D eigenvalue weighted by molar-refractivity contribution is -0.265.